The first-order valence-electron chi connectivity index (χ1n) is 5.13. The molecule has 14 heavy (non-hydrogen) atoms. The number of rotatable bonds is 8. The Bertz CT molecular complexity index is 116. The van der Waals surface area contributed by atoms with Gasteiger partial charge >= 0.3 is 0 Å². The van der Waals surface area contributed by atoms with Crippen LogP contribution in [0.1, 0.15) is 13.8 Å². The Labute approximate surface area is 86.2 Å². The molecule has 0 bridgehead atoms. The van der Waals surface area contributed by atoms with Crippen molar-refractivity contribution in [1.82, 2.24) is 10.6 Å². The van der Waals surface area contributed by atoms with E-state index in [2.05, 4.69) is 10.6 Å². The topological polar surface area (TPSA) is 96.3 Å². The van der Waals surface area contributed by atoms with Crippen molar-refractivity contribution in [3.63, 3.8) is 0 Å². The van der Waals surface area contributed by atoms with Crippen LogP contribution in [-0.2, 0) is 0 Å². The molecular formula is C9H24N4O. The molecule has 5 heteroatoms. The van der Waals surface area contributed by atoms with Crippen LogP contribution >= 0.6 is 0 Å². The second kappa shape index (κ2) is 8.14. The highest BCUT2D eigenvalue weighted by Gasteiger charge is 2.03. The molecule has 0 saturated heterocycles. The van der Waals surface area contributed by atoms with Crippen LogP contribution in [0, 0.1) is 0 Å². The van der Waals surface area contributed by atoms with E-state index in [0.29, 0.717) is 13.1 Å². The van der Waals surface area contributed by atoms with Crippen molar-refractivity contribution in [2.24, 2.45) is 11.5 Å². The summed E-state index contributed by atoms with van der Waals surface area (Å²) in [5.74, 6) is 0. The molecule has 7 N–H and O–H groups in total. The van der Waals surface area contributed by atoms with Gasteiger partial charge in [0.05, 0.1) is 6.10 Å². The molecule has 0 spiro atoms. The SMILES string of the molecule is CC(N)CNCC(O)CNCC(C)N. The average Bonchev–Trinajstić information content (AvgIpc) is 2.02. The van der Waals surface area contributed by atoms with E-state index in [0.717, 1.165) is 13.1 Å². The normalized spacial score (nSPS) is 17.8. The van der Waals surface area contributed by atoms with E-state index < -0.39 is 0 Å². The lowest BCUT2D eigenvalue weighted by Gasteiger charge is -2.14. The quantitative estimate of drug-likeness (QED) is 0.322. The van der Waals surface area contributed by atoms with E-state index in [4.69, 9.17) is 11.5 Å². The lowest BCUT2D eigenvalue weighted by atomic mass is 10.3. The van der Waals surface area contributed by atoms with E-state index in [1.54, 1.807) is 0 Å². The highest BCUT2D eigenvalue weighted by Crippen LogP contribution is 1.79. The Morgan fingerprint density at radius 3 is 1.57 bits per heavy atom. The van der Waals surface area contributed by atoms with Crippen LogP contribution < -0.4 is 22.1 Å². The summed E-state index contributed by atoms with van der Waals surface area (Å²) in [6.07, 6.45) is -0.382. The maximum atomic E-state index is 9.47. The van der Waals surface area contributed by atoms with Crippen LogP contribution in [0.5, 0.6) is 0 Å². The summed E-state index contributed by atoms with van der Waals surface area (Å²) >= 11 is 0. The number of hydrogen-bond acceptors (Lipinski definition) is 5. The van der Waals surface area contributed by atoms with Crippen LogP contribution in [0.2, 0.25) is 0 Å². The molecule has 0 aliphatic heterocycles. The fourth-order valence-electron chi connectivity index (χ4n) is 1.03. The Hall–Kier alpha value is -0.200. The van der Waals surface area contributed by atoms with E-state index >= 15 is 0 Å². The van der Waals surface area contributed by atoms with Gasteiger partial charge in [0.15, 0.2) is 0 Å². The van der Waals surface area contributed by atoms with Crippen molar-refractivity contribution in [3.05, 3.63) is 0 Å². The summed E-state index contributed by atoms with van der Waals surface area (Å²) in [5, 5.41) is 15.6. The van der Waals surface area contributed by atoms with Crippen LogP contribution in [0.25, 0.3) is 0 Å². The Morgan fingerprint density at radius 1 is 0.929 bits per heavy atom. The molecule has 2 unspecified atom stereocenters. The minimum atomic E-state index is -0.382. The molecule has 0 aromatic carbocycles. The molecule has 0 saturated carbocycles. The van der Waals surface area contributed by atoms with Gasteiger partial charge in [-0.2, -0.15) is 0 Å². The largest absolute Gasteiger partial charge is 0.390 e. The molecule has 0 radical (unpaired) electrons. The zero-order valence-electron chi connectivity index (χ0n) is 9.16. The zero-order chi connectivity index (χ0) is 11.0. The molecule has 86 valence electrons. The lowest BCUT2D eigenvalue weighted by Crippen LogP contribution is -2.41. The molecule has 0 aliphatic carbocycles. The molecule has 2 atom stereocenters. The van der Waals surface area contributed by atoms with Crippen molar-refractivity contribution < 1.29 is 5.11 Å². The van der Waals surface area contributed by atoms with Crippen molar-refractivity contribution in [2.45, 2.75) is 32.0 Å². The van der Waals surface area contributed by atoms with Gasteiger partial charge in [-0.15, -0.1) is 0 Å². The number of aliphatic hydroxyl groups is 1. The summed E-state index contributed by atoms with van der Waals surface area (Å²) in [6, 6.07) is 0.249. The summed E-state index contributed by atoms with van der Waals surface area (Å²) in [7, 11) is 0. The predicted octanol–water partition coefficient (Wildman–Crippen LogP) is -1.78. The fraction of sp³-hybridized carbons (Fsp3) is 1.00. The molecule has 0 heterocycles. The molecule has 5 nitrogen and oxygen atoms in total. The molecule has 0 fully saturated rings. The maximum absolute atomic E-state index is 9.47. The van der Waals surface area contributed by atoms with Crippen molar-refractivity contribution >= 4 is 0 Å². The van der Waals surface area contributed by atoms with Crippen LogP contribution in [-0.4, -0.2) is 49.5 Å². The standard InChI is InChI=1S/C9H24N4O/c1-7(10)3-12-5-9(14)6-13-4-8(2)11/h7-9,12-14H,3-6,10-11H2,1-2H3. The monoisotopic (exact) mass is 204 g/mol. The Kier molecular flexibility index (Phi) is 8.02. The van der Waals surface area contributed by atoms with Crippen molar-refractivity contribution in [3.8, 4) is 0 Å². The number of nitrogens with one attached hydrogen (secondary N) is 2. The number of hydrogen-bond donors (Lipinski definition) is 5. The van der Waals surface area contributed by atoms with Gasteiger partial charge in [-0.3, -0.25) is 0 Å². The van der Waals surface area contributed by atoms with E-state index in [9.17, 15) is 5.11 Å². The highest BCUT2D eigenvalue weighted by molar-refractivity contribution is 4.67. The number of nitrogens with two attached hydrogens (primary N) is 2. The number of aliphatic hydroxyl groups excluding tert-OH is 1. The van der Waals surface area contributed by atoms with Gasteiger partial charge in [0.1, 0.15) is 0 Å². The smallest absolute Gasteiger partial charge is 0.0788 e. The molecule has 0 amide bonds. The fourth-order valence-corrected chi connectivity index (χ4v) is 1.03. The second-order valence-electron chi connectivity index (χ2n) is 3.92. The van der Waals surface area contributed by atoms with E-state index in [-0.39, 0.29) is 18.2 Å². The van der Waals surface area contributed by atoms with Crippen molar-refractivity contribution in [2.75, 3.05) is 26.2 Å². The summed E-state index contributed by atoms with van der Waals surface area (Å²) in [6.45, 7) is 6.43. The highest BCUT2D eigenvalue weighted by atomic mass is 16.3. The van der Waals surface area contributed by atoms with Crippen LogP contribution in [0.15, 0.2) is 0 Å². The van der Waals surface area contributed by atoms with Gasteiger partial charge in [0.25, 0.3) is 0 Å². The van der Waals surface area contributed by atoms with Gasteiger partial charge in [0.2, 0.25) is 0 Å². The third-order valence-corrected chi connectivity index (χ3v) is 1.69. The lowest BCUT2D eigenvalue weighted by molar-refractivity contribution is 0.168. The van der Waals surface area contributed by atoms with Gasteiger partial charge < -0.3 is 27.2 Å². The van der Waals surface area contributed by atoms with Crippen LogP contribution in [0.3, 0.4) is 0 Å². The van der Waals surface area contributed by atoms with Crippen LogP contribution in [0.4, 0.5) is 0 Å². The third kappa shape index (κ3) is 9.88. The first-order valence-corrected chi connectivity index (χ1v) is 5.13. The average molecular weight is 204 g/mol. The summed E-state index contributed by atoms with van der Waals surface area (Å²) in [4.78, 5) is 0. The summed E-state index contributed by atoms with van der Waals surface area (Å²) in [5.41, 5.74) is 11.1. The first kappa shape index (κ1) is 13.8. The van der Waals surface area contributed by atoms with Crippen molar-refractivity contribution in [1.29, 1.82) is 0 Å². The molecule has 0 aliphatic rings. The second-order valence-corrected chi connectivity index (χ2v) is 3.92. The minimum absolute atomic E-state index is 0.124. The van der Waals surface area contributed by atoms with E-state index in [1.807, 2.05) is 13.8 Å². The predicted molar refractivity (Wildman–Crippen MR) is 59.0 cm³/mol. The third-order valence-electron chi connectivity index (χ3n) is 1.69. The summed E-state index contributed by atoms with van der Waals surface area (Å²) < 4.78 is 0. The van der Waals surface area contributed by atoms with Gasteiger partial charge in [-0.25, -0.2) is 0 Å². The van der Waals surface area contributed by atoms with E-state index in [1.165, 1.54) is 0 Å². The van der Waals surface area contributed by atoms with Gasteiger partial charge in [-0.1, -0.05) is 0 Å². The molecular weight excluding hydrogens is 180 g/mol. The minimum Gasteiger partial charge on any atom is -0.390 e. The molecule has 0 rings (SSSR count). The molecule has 0 aromatic rings. The first-order chi connectivity index (χ1) is 6.52. The van der Waals surface area contributed by atoms with Gasteiger partial charge in [-0.05, 0) is 13.8 Å². The maximum Gasteiger partial charge on any atom is 0.0788 e. The Morgan fingerprint density at radius 2 is 1.29 bits per heavy atom. The Balaban J connectivity index is 3.23. The van der Waals surface area contributed by atoms with Gasteiger partial charge in [0, 0.05) is 38.3 Å². The molecule has 0 aromatic heterocycles. The zero-order valence-corrected chi connectivity index (χ0v) is 9.16.